The van der Waals surface area contributed by atoms with Gasteiger partial charge in [-0.2, -0.15) is 0 Å². The second-order valence-electron chi connectivity index (χ2n) is 4.60. The Morgan fingerprint density at radius 3 is 1.88 bits per heavy atom. The van der Waals surface area contributed by atoms with Crippen LogP contribution < -0.4 is 0 Å². The minimum Gasteiger partial charge on any atom is -0.427 e. The van der Waals surface area contributed by atoms with E-state index in [0.29, 0.717) is 0 Å². The quantitative estimate of drug-likeness (QED) is 0.448. The van der Waals surface area contributed by atoms with Gasteiger partial charge >= 0.3 is 11.9 Å². The van der Waals surface area contributed by atoms with Crippen molar-refractivity contribution in [3.05, 3.63) is 0 Å². The van der Waals surface area contributed by atoms with E-state index in [9.17, 15) is 14.4 Å². The highest BCUT2D eigenvalue weighted by Crippen LogP contribution is 2.47. The number of carbonyl (C=O) groups is 3. The van der Waals surface area contributed by atoms with E-state index < -0.39 is 17.4 Å². The van der Waals surface area contributed by atoms with Gasteiger partial charge in [0.1, 0.15) is 5.78 Å². The molecule has 2 aliphatic rings. The topological polar surface area (TPSA) is 69.7 Å². The summed E-state index contributed by atoms with van der Waals surface area (Å²) < 4.78 is 9.65. The van der Waals surface area contributed by atoms with Crippen LogP contribution in [0.2, 0.25) is 0 Å². The third kappa shape index (κ3) is 1.27. The van der Waals surface area contributed by atoms with E-state index in [2.05, 4.69) is 0 Å². The SMILES string of the molecule is C[C@@H]1CC(=O)C[C@H](C)C12C(=O)OCOC2=O. The summed E-state index contributed by atoms with van der Waals surface area (Å²) in [6.45, 7) is 3.13. The predicted octanol–water partition coefficient (Wildman–Crippen LogP) is 0.665. The summed E-state index contributed by atoms with van der Waals surface area (Å²) in [4.78, 5) is 35.2. The molecule has 0 aromatic heterocycles. The summed E-state index contributed by atoms with van der Waals surface area (Å²) >= 11 is 0. The fraction of sp³-hybridized carbons (Fsp3) is 0.727. The van der Waals surface area contributed by atoms with Crippen molar-refractivity contribution in [3.8, 4) is 0 Å². The molecule has 0 unspecified atom stereocenters. The smallest absolute Gasteiger partial charge is 0.326 e. The summed E-state index contributed by atoms with van der Waals surface area (Å²) in [5, 5.41) is 0. The molecule has 1 aliphatic heterocycles. The lowest BCUT2D eigenvalue weighted by atomic mass is 9.60. The van der Waals surface area contributed by atoms with E-state index in [-0.39, 0.29) is 37.3 Å². The minimum atomic E-state index is -1.27. The number of ketones is 1. The van der Waals surface area contributed by atoms with Gasteiger partial charge in [0.05, 0.1) is 0 Å². The van der Waals surface area contributed by atoms with Crippen LogP contribution in [0.5, 0.6) is 0 Å². The summed E-state index contributed by atoms with van der Waals surface area (Å²) in [7, 11) is 0. The highest BCUT2D eigenvalue weighted by atomic mass is 16.7. The average Bonchev–Trinajstić information content (AvgIpc) is 2.15. The Bertz CT molecular complexity index is 327. The molecule has 0 radical (unpaired) electrons. The van der Waals surface area contributed by atoms with Gasteiger partial charge in [-0.1, -0.05) is 13.8 Å². The molecule has 2 rings (SSSR count). The van der Waals surface area contributed by atoms with Crippen LogP contribution in [0, 0.1) is 17.3 Å². The first-order chi connectivity index (χ1) is 7.49. The molecule has 5 nitrogen and oxygen atoms in total. The molecule has 1 spiro atoms. The van der Waals surface area contributed by atoms with Crippen molar-refractivity contribution in [3.63, 3.8) is 0 Å². The van der Waals surface area contributed by atoms with Crippen molar-refractivity contribution >= 4 is 17.7 Å². The summed E-state index contributed by atoms with van der Waals surface area (Å²) in [6.07, 6.45) is 0.461. The number of hydrogen-bond donors (Lipinski definition) is 0. The monoisotopic (exact) mass is 226 g/mol. The molecule has 1 saturated carbocycles. The molecule has 0 N–H and O–H groups in total. The maximum Gasteiger partial charge on any atom is 0.326 e. The van der Waals surface area contributed by atoms with E-state index in [1.165, 1.54) is 0 Å². The van der Waals surface area contributed by atoms with Gasteiger partial charge < -0.3 is 9.47 Å². The first-order valence-electron chi connectivity index (χ1n) is 5.35. The van der Waals surface area contributed by atoms with Crippen LogP contribution in [-0.2, 0) is 23.9 Å². The van der Waals surface area contributed by atoms with Crippen molar-refractivity contribution in [1.82, 2.24) is 0 Å². The molecule has 2 atom stereocenters. The molecular weight excluding hydrogens is 212 g/mol. The fourth-order valence-electron chi connectivity index (χ4n) is 2.84. The Kier molecular flexibility index (Phi) is 2.48. The number of rotatable bonds is 0. The second-order valence-corrected chi connectivity index (χ2v) is 4.60. The largest absolute Gasteiger partial charge is 0.427 e. The molecule has 5 heteroatoms. The molecule has 88 valence electrons. The van der Waals surface area contributed by atoms with Crippen LogP contribution >= 0.6 is 0 Å². The van der Waals surface area contributed by atoms with E-state index >= 15 is 0 Å². The number of Topliss-reactive ketones (excluding diaryl/α,β-unsaturated/α-hetero) is 1. The summed E-state index contributed by atoms with van der Waals surface area (Å²) in [5.41, 5.74) is -1.27. The number of ether oxygens (including phenoxy) is 2. The standard InChI is InChI=1S/C11H14O5/c1-6-3-8(12)4-7(2)11(6)9(13)15-5-16-10(11)14/h6-7H,3-5H2,1-2H3/t6-,7+. The van der Waals surface area contributed by atoms with Crippen molar-refractivity contribution < 1.29 is 23.9 Å². The van der Waals surface area contributed by atoms with E-state index in [4.69, 9.17) is 9.47 Å². The lowest BCUT2D eigenvalue weighted by Crippen LogP contribution is -2.57. The molecule has 2 fully saturated rings. The fourth-order valence-corrected chi connectivity index (χ4v) is 2.84. The number of carbonyl (C=O) groups excluding carboxylic acids is 3. The zero-order valence-electron chi connectivity index (χ0n) is 9.32. The van der Waals surface area contributed by atoms with Crippen molar-refractivity contribution in [2.24, 2.45) is 17.3 Å². The van der Waals surface area contributed by atoms with E-state index in [1.807, 2.05) is 0 Å². The highest BCUT2D eigenvalue weighted by molar-refractivity contribution is 6.03. The van der Waals surface area contributed by atoms with Crippen LogP contribution in [0.3, 0.4) is 0 Å². The van der Waals surface area contributed by atoms with Gasteiger partial charge in [0, 0.05) is 12.8 Å². The van der Waals surface area contributed by atoms with Gasteiger partial charge in [0.2, 0.25) is 6.79 Å². The highest BCUT2D eigenvalue weighted by Gasteiger charge is 2.61. The molecule has 1 heterocycles. The van der Waals surface area contributed by atoms with Crippen LogP contribution in [0.15, 0.2) is 0 Å². The van der Waals surface area contributed by atoms with Gasteiger partial charge in [-0.15, -0.1) is 0 Å². The van der Waals surface area contributed by atoms with E-state index in [1.54, 1.807) is 13.8 Å². The normalized spacial score (nSPS) is 33.5. The van der Waals surface area contributed by atoms with Gasteiger partial charge in [-0.05, 0) is 11.8 Å². The first-order valence-corrected chi connectivity index (χ1v) is 5.35. The maximum absolute atomic E-state index is 11.9. The first kappa shape index (κ1) is 11.1. The molecule has 0 bridgehead atoms. The molecule has 16 heavy (non-hydrogen) atoms. The number of cyclic esters (lactones) is 2. The second kappa shape index (κ2) is 3.57. The van der Waals surface area contributed by atoms with Crippen LogP contribution in [0.4, 0.5) is 0 Å². The predicted molar refractivity (Wildman–Crippen MR) is 52.1 cm³/mol. The zero-order valence-corrected chi connectivity index (χ0v) is 9.32. The number of hydrogen-bond acceptors (Lipinski definition) is 5. The Balaban J connectivity index is 2.43. The molecule has 0 aromatic rings. The molecule has 1 aliphatic carbocycles. The van der Waals surface area contributed by atoms with Gasteiger partial charge in [-0.25, -0.2) is 0 Å². The lowest BCUT2D eigenvalue weighted by Gasteiger charge is -2.43. The molecule has 0 amide bonds. The van der Waals surface area contributed by atoms with Crippen molar-refractivity contribution in [1.29, 1.82) is 0 Å². The molecular formula is C11H14O5. The van der Waals surface area contributed by atoms with Crippen LogP contribution in [-0.4, -0.2) is 24.5 Å². The summed E-state index contributed by atoms with van der Waals surface area (Å²) in [6, 6.07) is 0. The Hall–Kier alpha value is -1.39. The van der Waals surface area contributed by atoms with E-state index in [0.717, 1.165) is 0 Å². The average molecular weight is 226 g/mol. The molecule has 1 saturated heterocycles. The van der Waals surface area contributed by atoms with Crippen molar-refractivity contribution in [2.75, 3.05) is 6.79 Å². The van der Waals surface area contributed by atoms with Gasteiger partial charge in [0.25, 0.3) is 0 Å². The third-order valence-corrected chi connectivity index (χ3v) is 3.68. The minimum absolute atomic E-state index is 0.0804. The number of esters is 2. The zero-order chi connectivity index (χ0) is 11.9. The summed E-state index contributed by atoms with van der Waals surface area (Å²) in [5.74, 6) is -1.72. The lowest BCUT2D eigenvalue weighted by molar-refractivity contribution is -0.213. The maximum atomic E-state index is 11.9. The van der Waals surface area contributed by atoms with Gasteiger partial charge in [-0.3, -0.25) is 14.4 Å². The third-order valence-electron chi connectivity index (χ3n) is 3.68. The Morgan fingerprint density at radius 1 is 1.00 bits per heavy atom. The van der Waals surface area contributed by atoms with Crippen molar-refractivity contribution in [2.45, 2.75) is 26.7 Å². The van der Waals surface area contributed by atoms with Crippen LogP contribution in [0.1, 0.15) is 26.7 Å². The molecule has 0 aromatic carbocycles. The van der Waals surface area contributed by atoms with Gasteiger partial charge in [0.15, 0.2) is 5.41 Å². The Labute approximate surface area is 93.1 Å². The Morgan fingerprint density at radius 2 is 1.44 bits per heavy atom. The van der Waals surface area contributed by atoms with Crippen LogP contribution in [0.25, 0.3) is 0 Å².